The fourth-order valence-electron chi connectivity index (χ4n) is 1.57. The van der Waals surface area contributed by atoms with Crippen LogP contribution in [0.15, 0.2) is 30.5 Å². The Morgan fingerprint density at radius 3 is 3.00 bits per heavy atom. The van der Waals surface area contributed by atoms with E-state index in [1.165, 1.54) is 16.7 Å². The van der Waals surface area contributed by atoms with E-state index in [-0.39, 0.29) is 0 Å². The molecule has 13 heavy (non-hydrogen) atoms. The van der Waals surface area contributed by atoms with E-state index in [0.29, 0.717) is 5.06 Å². The van der Waals surface area contributed by atoms with Gasteiger partial charge in [-0.2, -0.15) is 0 Å². The van der Waals surface area contributed by atoms with Gasteiger partial charge in [0.2, 0.25) is 0 Å². The van der Waals surface area contributed by atoms with Crippen LogP contribution in [0.3, 0.4) is 0 Å². The molecule has 0 bridgehead atoms. The highest BCUT2D eigenvalue weighted by atomic mass is 32.1. The maximum Gasteiger partial charge on any atom is 0.172 e. The highest BCUT2D eigenvalue weighted by Crippen LogP contribution is 2.33. The lowest BCUT2D eigenvalue weighted by Gasteiger charge is -1.89. The third-order valence-corrected chi connectivity index (χ3v) is 3.08. The molecule has 0 radical (unpaired) electrons. The summed E-state index contributed by atoms with van der Waals surface area (Å²) in [5.41, 5.74) is 1.12. The van der Waals surface area contributed by atoms with Gasteiger partial charge < -0.3 is 10.1 Å². The summed E-state index contributed by atoms with van der Waals surface area (Å²) in [6.45, 7) is 0. The van der Waals surface area contributed by atoms with Crippen LogP contribution < -0.4 is 0 Å². The van der Waals surface area contributed by atoms with Gasteiger partial charge in [0.1, 0.15) is 0 Å². The van der Waals surface area contributed by atoms with Crippen LogP contribution in [0, 0.1) is 0 Å². The molecule has 64 valence electrons. The molecule has 0 aliphatic rings. The average molecular weight is 189 g/mol. The average Bonchev–Trinajstić information content (AvgIpc) is 2.63. The van der Waals surface area contributed by atoms with Gasteiger partial charge in [0.15, 0.2) is 5.06 Å². The van der Waals surface area contributed by atoms with Crippen LogP contribution in [0.2, 0.25) is 0 Å². The van der Waals surface area contributed by atoms with E-state index < -0.39 is 0 Å². The van der Waals surface area contributed by atoms with E-state index in [9.17, 15) is 5.11 Å². The van der Waals surface area contributed by atoms with Gasteiger partial charge in [0, 0.05) is 21.8 Å². The number of rotatable bonds is 0. The van der Waals surface area contributed by atoms with Gasteiger partial charge in [-0.3, -0.25) is 0 Å². The molecule has 0 saturated carbocycles. The first-order valence-corrected chi connectivity index (χ1v) is 4.84. The zero-order valence-corrected chi connectivity index (χ0v) is 7.56. The molecule has 0 spiro atoms. The summed E-state index contributed by atoms with van der Waals surface area (Å²) in [7, 11) is 0. The van der Waals surface area contributed by atoms with Gasteiger partial charge in [0.05, 0.1) is 0 Å². The molecule has 0 amide bonds. The molecular weight excluding hydrogens is 182 g/mol. The normalized spacial score (nSPS) is 11.4. The molecule has 2 nitrogen and oxygen atoms in total. The Bertz CT molecular complexity index is 531. The number of hydrogen-bond donors (Lipinski definition) is 2. The summed E-state index contributed by atoms with van der Waals surface area (Å²) in [4.78, 5) is 3.15. The number of thiophene rings is 1. The minimum atomic E-state index is 0.377. The molecule has 3 rings (SSSR count). The van der Waals surface area contributed by atoms with Crippen molar-refractivity contribution in [3.05, 3.63) is 30.5 Å². The minimum absolute atomic E-state index is 0.377. The first-order chi connectivity index (χ1) is 6.33. The Labute approximate surface area is 78.4 Å². The molecule has 2 heterocycles. The SMILES string of the molecule is Oc1cc2cc3cc[nH]c3cc2s1. The Kier molecular flexibility index (Phi) is 1.21. The van der Waals surface area contributed by atoms with Crippen molar-refractivity contribution in [3.63, 3.8) is 0 Å². The van der Waals surface area contributed by atoms with Crippen LogP contribution in [0.25, 0.3) is 21.0 Å². The van der Waals surface area contributed by atoms with Gasteiger partial charge in [-0.1, -0.05) is 11.3 Å². The number of fused-ring (bicyclic) bond motifs is 2. The first kappa shape index (κ1) is 6.97. The molecule has 3 aromatic rings. The molecule has 0 unspecified atom stereocenters. The molecular formula is C10H7NOS. The molecule has 0 fully saturated rings. The number of hydrogen-bond acceptors (Lipinski definition) is 2. The lowest BCUT2D eigenvalue weighted by Crippen LogP contribution is -1.65. The van der Waals surface area contributed by atoms with Crippen LogP contribution in [-0.2, 0) is 0 Å². The Morgan fingerprint density at radius 1 is 1.15 bits per heavy atom. The zero-order chi connectivity index (χ0) is 8.84. The summed E-state index contributed by atoms with van der Waals surface area (Å²) < 4.78 is 1.12. The third-order valence-electron chi connectivity index (χ3n) is 2.18. The van der Waals surface area contributed by atoms with Crippen LogP contribution in [-0.4, -0.2) is 10.1 Å². The van der Waals surface area contributed by atoms with Crippen molar-refractivity contribution in [1.82, 2.24) is 4.98 Å². The molecule has 0 saturated heterocycles. The van der Waals surface area contributed by atoms with Gasteiger partial charge >= 0.3 is 0 Å². The van der Waals surface area contributed by atoms with Crippen molar-refractivity contribution in [1.29, 1.82) is 0 Å². The van der Waals surface area contributed by atoms with E-state index in [0.717, 1.165) is 15.6 Å². The van der Waals surface area contributed by atoms with E-state index in [4.69, 9.17) is 0 Å². The second-order valence-electron chi connectivity index (χ2n) is 3.04. The molecule has 2 N–H and O–H groups in total. The highest BCUT2D eigenvalue weighted by molar-refractivity contribution is 7.20. The number of nitrogens with one attached hydrogen (secondary N) is 1. The van der Waals surface area contributed by atoms with Crippen molar-refractivity contribution in [2.45, 2.75) is 0 Å². The van der Waals surface area contributed by atoms with Gasteiger partial charge in [0.25, 0.3) is 0 Å². The van der Waals surface area contributed by atoms with Crippen LogP contribution in [0.1, 0.15) is 0 Å². The Morgan fingerprint density at radius 2 is 2.08 bits per heavy atom. The van der Waals surface area contributed by atoms with Crippen molar-refractivity contribution >= 4 is 32.3 Å². The number of aromatic nitrogens is 1. The maximum atomic E-state index is 9.31. The van der Waals surface area contributed by atoms with Crippen molar-refractivity contribution in [2.75, 3.05) is 0 Å². The standard InChI is InChI=1S/C10H7NOS/c12-10-4-7-3-6-1-2-11-8(6)5-9(7)13-10/h1-5,11-12H. The number of aromatic amines is 1. The van der Waals surface area contributed by atoms with Gasteiger partial charge in [-0.15, -0.1) is 0 Å². The van der Waals surface area contributed by atoms with Crippen molar-refractivity contribution < 1.29 is 5.11 Å². The third kappa shape index (κ3) is 0.939. The number of aromatic hydroxyl groups is 1. The quantitative estimate of drug-likeness (QED) is 0.560. The fraction of sp³-hybridized carbons (Fsp3) is 0. The summed E-state index contributed by atoms with van der Waals surface area (Å²) in [6.07, 6.45) is 1.92. The molecule has 3 heteroatoms. The van der Waals surface area contributed by atoms with Crippen LogP contribution in [0.4, 0.5) is 0 Å². The van der Waals surface area contributed by atoms with Crippen molar-refractivity contribution in [3.8, 4) is 5.06 Å². The summed E-state index contributed by atoms with van der Waals surface area (Å²) >= 11 is 1.41. The summed E-state index contributed by atoms with van der Waals surface area (Å²) in [5, 5.41) is 12.0. The second kappa shape index (κ2) is 2.26. The zero-order valence-electron chi connectivity index (χ0n) is 6.74. The molecule has 2 aromatic heterocycles. The van der Waals surface area contributed by atoms with Crippen LogP contribution >= 0.6 is 11.3 Å². The summed E-state index contributed by atoms with van der Waals surface area (Å²) in [6, 6.07) is 7.97. The predicted molar refractivity (Wildman–Crippen MR) is 55.3 cm³/mol. The number of H-pyrrole nitrogens is 1. The largest absolute Gasteiger partial charge is 0.499 e. The number of benzene rings is 1. The molecule has 1 aromatic carbocycles. The lowest BCUT2D eigenvalue weighted by atomic mass is 10.2. The van der Waals surface area contributed by atoms with Crippen LogP contribution in [0.5, 0.6) is 5.06 Å². The first-order valence-electron chi connectivity index (χ1n) is 4.02. The Hall–Kier alpha value is -1.48. The second-order valence-corrected chi connectivity index (χ2v) is 4.10. The maximum absolute atomic E-state index is 9.31. The Balaban J connectivity index is 2.54. The molecule has 0 aliphatic heterocycles. The smallest absolute Gasteiger partial charge is 0.172 e. The predicted octanol–water partition coefficient (Wildman–Crippen LogP) is 3.09. The van der Waals surface area contributed by atoms with Gasteiger partial charge in [-0.05, 0) is 29.7 Å². The van der Waals surface area contributed by atoms with E-state index in [2.05, 4.69) is 17.1 Å². The highest BCUT2D eigenvalue weighted by Gasteiger charge is 2.02. The fourth-order valence-corrected chi connectivity index (χ4v) is 2.40. The van der Waals surface area contributed by atoms with Crippen molar-refractivity contribution in [2.24, 2.45) is 0 Å². The van der Waals surface area contributed by atoms with E-state index in [1.807, 2.05) is 12.3 Å². The minimum Gasteiger partial charge on any atom is -0.499 e. The monoisotopic (exact) mass is 189 g/mol. The summed E-state index contributed by atoms with van der Waals surface area (Å²) in [5.74, 6) is 0. The van der Waals surface area contributed by atoms with E-state index >= 15 is 0 Å². The molecule has 0 atom stereocenters. The lowest BCUT2D eigenvalue weighted by molar-refractivity contribution is 0.491. The van der Waals surface area contributed by atoms with Gasteiger partial charge in [-0.25, -0.2) is 0 Å². The topological polar surface area (TPSA) is 36.0 Å². The molecule has 0 aliphatic carbocycles. The van der Waals surface area contributed by atoms with E-state index in [1.54, 1.807) is 6.07 Å².